The van der Waals surface area contributed by atoms with E-state index < -0.39 is 0 Å². The standard InChI is InChI=1S/C18H19N5O/c19-11-22-6-5-15(9-22)18(24)21-17-10-23(12-20-17)16-7-13-3-1-2-4-14(13)8-16/h1-4,10,12,15-16H,5-9H2,(H,21,24)/t15-/m0/s1. The zero-order valence-electron chi connectivity index (χ0n) is 13.4. The first kappa shape index (κ1) is 14.8. The van der Waals surface area contributed by atoms with E-state index in [9.17, 15) is 4.79 Å². The second kappa shape index (κ2) is 6.00. The number of rotatable bonds is 3. The molecule has 1 amide bonds. The molecule has 6 heteroatoms. The second-order valence-electron chi connectivity index (χ2n) is 6.56. The average molecular weight is 321 g/mol. The Labute approximate surface area is 140 Å². The van der Waals surface area contributed by atoms with Gasteiger partial charge in [-0.25, -0.2) is 4.98 Å². The predicted octanol–water partition coefficient (Wildman–Crippen LogP) is 1.96. The maximum Gasteiger partial charge on any atom is 0.230 e. The molecule has 1 aliphatic heterocycles. The van der Waals surface area contributed by atoms with E-state index in [1.54, 1.807) is 11.2 Å². The van der Waals surface area contributed by atoms with Crippen LogP contribution in [0.5, 0.6) is 0 Å². The third-order valence-electron chi connectivity index (χ3n) is 5.00. The summed E-state index contributed by atoms with van der Waals surface area (Å²) < 4.78 is 2.09. The number of carbonyl (C=O) groups is 1. The van der Waals surface area contributed by atoms with Gasteiger partial charge in [0.05, 0.1) is 12.2 Å². The van der Waals surface area contributed by atoms with Gasteiger partial charge in [0.15, 0.2) is 12.0 Å². The van der Waals surface area contributed by atoms with Gasteiger partial charge < -0.3 is 14.8 Å². The van der Waals surface area contributed by atoms with Gasteiger partial charge in [0.1, 0.15) is 0 Å². The number of hydrogen-bond acceptors (Lipinski definition) is 4. The Hall–Kier alpha value is -2.81. The van der Waals surface area contributed by atoms with Crippen molar-refractivity contribution in [1.82, 2.24) is 14.5 Å². The number of benzene rings is 1. The van der Waals surface area contributed by atoms with E-state index in [0.29, 0.717) is 24.9 Å². The van der Waals surface area contributed by atoms with Gasteiger partial charge in [-0.3, -0.25) is 4.79 Å². The van der Waals surface area contributed by atoms with Crippen LogP contribution in [-0.2, 0) is 17.6 Å². The molecule has 0 saturated carbocycles. The molecule has 1 N–H and O–H groups in total. The first-order chi connectivity index (χ1) is 11.7. The third kappa shape index (κ3) is 2.73. The van der Waals surface area contributed by atoms with Crippen LogP contribution in [0.4, 0.5) is 5.82 Å². The monoisotopic (exact) mass is 321 g/mol. The Morgan fingerprint density at radius 2 is 2.04 bits per heavy atom. The van der Waals surface area contributed by atoms with Crippen molar-refractivity contribution in [3.63, 3.8) is 0 Å². The van der Waals surface area contributed by atoms with Crippen molar-refractivity contribution in [2.75, 3.05) is 18.4 Å². The summed E-state index contributed by atoms with van der Waals surface area (Å²) in [7, 11) is 0. The van der Waals surface area contributed by atoms with Gasteiger partial charge in [-0.05, 0) is 30.4 Å². The summed E-state index contributed by atoms with van der Waals surface area (Å²) in [4.78, 5) is 18.2. The molecular weight excluding hydrogens is 302 g/mol. The predicted molar refractivity (Wildman–Crippen MR) is 89.0 cm³/mol. The van der Waals surface area contributed by atoms with Gasteiger partial charge in [0, 0.05) is 25.3 Å². The maximum absolute atomic E-state index is 12.3. The number of anilines is 1. The lowest BCUT2D eigenvalue weighted by molar-refractivity contribution is -0.119. The molecule has 0 bridgehead atoms. The number of carbonyl (C=O) groups excluding carboxylic acids is 1. The first-order valence-electron chi connectivity index (χ1n) is 8.28. The molecular formula is C18H19N5O. The normalized spacial score (nSPS) is 20.0. The Kier molecular flexibility index (Phi) is 3.69. The van der Waals surface area contributed by atoms with Crippen LogP contribution in [0.2, 0.25) is 0 Å². The van der Waals surface area contributed by atoms with Crippen LogP contribution >= 0.6 is 0 Å². The molecule has 0 radical (unpaired) electrons. The van der Waals surface area contributed by atoms with Crippen molar-refractivity contribution in [2.24, 2.45) is 5.92 Å². The lowest BCUT2D eigenvalue weighted by Crippen LogP contribution is -2.25. The zero-order valence-corrected chi connectivity index (χ0v) is 13.4. The Balaban J connectivity index is 1.39. The molecule has 122 valence electrons. The SMILES string of the molecule is N#CN1CC[C@H](C(=O)Nc2cn(C3Cc4ccccc4C3)cn2)C1. The fourth-order valence-electron chi connectivity index (χ4n) is 3.64. The van der Waals surface area contributed by atoms with Crippen molar-refractivity contribution in [2.45, 2.75) is 25.3 Å². The molecule has 2 aromatic rings. The summed E-state index contributed by atoms with van der Waals surface area (Å²) in [5, 5.41) is 11.8. The van der Waals surface area contributed by atoms with E-state index in [2.05, 4.69) is 45.3 Å². The van der Waals surface area contributed by atoms with E-state index in [1.807, 2.05) is 6.20 Å². The Morgan fingerprint density at radius 1 is 1.29 bits per heavy atom. The molecule has 0 unspecified atom stereocenters. The van der Waals surface area contributed by atoms with Gasteiger partial charge >= 0.3 is 0 Å². The van der Waals surface area contributed by atoms with Crippen molar-refractivity contribution in [3.05, 3.63) is 47.9 Å². The summed E-state index contributed by atoms with van der Waals surface area (Å²) in [6.45, 7) is 1.16. The molecule has 0 spiro atoms. The van der Waals surface area contributed by atoms with Crippen molar-refractivity contribution >= 4 is 11.7 Å². The lowest BCUT2D eigenvalue weighted by atomic mass is 10.1. The number of nitriles is 1. The minimum Gasteiger partial charge on any atom is -0.332 e. The second-order valence-corrected chi connectivity index (χ2v) is 6.56. The molecule has 1 atom stereocenters. The molecule has 1 aliphatic carbocycles. The molecule has 1 saturated heterocycles. The number of amides is 1. The topological polar surface area (TPSA) is 74.0 Å². The van der Waals surface area contributed by atoms with Crippen LogP contribution in [0.1, 0.15) is 23.6 Å². The average Bonchev–Trinajstić information content (AvgIpc) is 3.32. The van der Waals surface area contributed by atoms with Crippen LogP contribution in [0.3, 0.4) is 0 Å². The van der Waals surface area contributed by atoms with Crippen LogP contribution in [0.25, 0.3) is 0 Å². The highest BCUT2D eigenvalue weighted by atomic mass is 16.2. The van der Waals surface area contributed by atoms with Crippen LogP contribution < -0.4 is 5.32 Å². The zero-order chi connectivity index (χ0) is 16.5. The lowest BCUT2D eigenvalue weighted by Gasteiger charge is -2.11. The summed E-state index contributed by atoms with van der Waals surface area (Å²) in [5.74, 6) is 0.407. The van der Waals surface area contributed by atoms with E-state index >= 15 is 0 Å². The smallest absolute Gasteiger partial charge is 0.230 e. The van der Waals surface area contributed by atoms with Crippen molar-refractivity contribution in [3.8, 4) is 6.19 Å². The molecule has 6 nitrogen and oxygen atoms in total. The Bertz CT molecular complexity index is 781. The number of fused-ring (bicyclic) bond motifs is 1. The fourth-order valence-corrected chi connectivity index (χ4v) is 3.64. The number of aromatic nitrogens is 2. The van der Waals surface area contributed by atoms with Gasteiger partial charge in [0.2, 0.25) is 5.91 Å². The van der Waals surface area contributed by atoms with Crippen molar-refractivity contribution in [1.29, 1.82) is 5.26 Å². The highest BCUT2D eigenvalue weighted by Crippen LogP contribution is 2.30. The van der Waals surface area contributed by atoms with E-state index in [1.165, 1.54) is 11.1 Å². The van der Waals surface area contributed by atoms with E-state index in [4.69, 9.17) is 5.26 Å². The summed E-state index contributed by atoms with van der Waals surface area (Å²) in [5.41, 5.74) is 2.79. The minimum absolute atomic E-state index is 0.0484. The molecule has 2 heterocycles. The molecule has 1 aromatic heterocycles. The Morgan fingerprint density at radius 3 is 2.71 bits per heavy atom. The summed E-state index contributed by atoms with van der Waals surface area (Å²) in [6, 6.07) is 8.87. The van der Waals surface area contributed by atoms with E-state index in [-0.39, 0.29) is 11.8 Å². The number of likely N-dealkylation sites (tertiary alicyclic amines) is 1. The largest absolute Gasteiger partial charge is 0.332 e. The van der Waals surface area contributed by atoms with Crippen LogP contribution in [-0.4, -0.2) is 33.4 Å². The van der Waals surface area contributed by atoms with Crippen molar-refractivity contribution < 1.29 is 4.79 Å². The van der Waals surface area contributed by atoms with Crippen LogP contribution in [0, 0.1) is 17.4 Å². The summed E-state index contributed by atoms with van der Waals surface area (Å²) in [6.07, 6.45) is 8.52. The molecule has 1 aromatic carbocycles. The molecule has 24 heavy (non-hydrogen) atoms. The van der Waals surface area contributed by atoms with Gasteiger partial charge in [-0.2, -0.15) is 5.26 Å². The quantitative estimate of drug-likeness (QED) is 0.877. The number of imidazole rings is 1. The molecule has 2 aliphatic rings. The highest BCUT2D eigenvalue weighted by Gasteiger charge is 2.28. The molecule has 1 fully saturated rings. The van der Waals surface area contributed by atoms with Gasteiger partial charge in [-0.15, -0.1) is 0 Å². The molecule has 4 rings (SSSR count). The summed E-state index contributed by atoms with van der Waals surface area (Å²) >= 11 is 0. The number of hydrogen-bond donors (Lipinski definition) is 1. The maximum atomic E-state index is 12.3. The van der Waals surface area contributed by atoms with E-state index in [0.717, 1.165) is 19.3 Å². The first-order valence-corrected chi connectivity index (χ1v) is 8.28. The van der Waals surface area contributed by atoms with Gasteiger partial charge in [-0.1, -0.05) is 24.3 Å². The number of nitrogens with one attached hydrogen (secondary N) is 1. The highest BCUT2D eigenvalue weighted by molar-refractivity contribution is 5.91. The number of nitrogens with zero attached hydrogens (tertiary/aromatic N) is 4. The van der Waals surface area contributed by atoms with Gasteiger partial charge in [0.25, 0.3) is 0 Å². The van der Waals surface area contributed by atoms with Crippen LogP contribution in [0.15, 0.2) is 36.8 Å². The minimum atomic E-state index is -0.134. The fraction of sp³-hybridized carbons (Fsp3) is 0.389. The third-order valence-corrected chi connectivity index (χ3v) is 5.00.